The Kier molecular flexibility index (Phi) is 5.65. The first-order chi connectivity index (χ1) is 16.5. The van der Waals surface area contributed by atoms with Gasteiger partial charge in [0.2, 0.25) is 0 Å². The van der Waals surface area contributed by atoms with E-state index in [4.69, 9.17) is 4.74 Å². The van der Waals surface area contributed by atoms with Crippen LogP contribution in [-0.2, 0) is 16.0 Å². The highest BCUT2D eigenvalue weighted by Gasteiger charge is 2.44. The van der Waals surface area contributed by atoms with Gasteiger partial charge < -0.3 is 9.64 Å². The highest BCUT2D eigenvalue weighted by molar-refractivity contribution is 6.46. The molecule has 3 aromatic carbocycles. The minimum atomic E-state index is -0.450. The number of amides is 2. The molecule has 2 aliphatic rings. The lowest BCUT2D eigenvalue weighted by Gasteiger charge is -2.32. The molecule has 0 fully saturated rings. The molecule has 0 spiro atoms. The maximum absolute atomic E-state index is 14.0. The number of hydrogen-bond acceptors (Lipinski definition) is 4. The van der Waals surface area contributed by atoms with Crippen molar-refractivity contribution in [2.24, 2.45) is 0 Å². The number of hydrogen-bond donors (Lipinski definition) is 0. The summed E-state index contributed by atoms with van der Waals surface area (Å²) in [6.07, 6.45) is 1.63. The topological polar surface area (TPSA) is 49.9 Å². The summed E-state index contributed by atoms with van der Waals surface area (Å²) in [6, 6.07) is 20.7. The number of para-hydroxylation sites is 3. The summed E-state index contributed by atoms with van der Waals surface area (Å²) in [5, 5.41) is 0. The average Bonchev–Trinajstić information content (AvgIpc) is 3.09. The van der Waals surface area contributed by atoms with Crippen LogP contribution in [0, 0.1) is 5.82 Å². The summed E-state index contributed by atoms with van der Waals surface area (Å²) >= 11 is 0. The number of benzene rings is 3. The third kappa shape index (κ3) is 3.75. The van der Waals surface area contributed by atoms with Crippen LogP contribution in [0.15, 0.2) is 78.5 Å². The molecule has 0 N–H and O–H groups in total. The van der Waals surface area contributed by atoms with Crippen molar-refractivity contribution in [1.82, 2.24) is 0 Å². The normalized spacial score (nSPS) is 15.9. The summed E-state index contributed by atoms with van der Waals surface area (Å²) in [4.78, 5) is 31.0. The number of imide groups is 1. The van der Waals surface area contributed by atoms with E-state index in [-0.39, 0.29) is 11.7 Å². The fourth-order valence-electron chi connectivity index (χ4n) is 4.63. The van der Waals surface area contributed by atoms with E-state index in [9.17, 15) is 14.0 Å². The van der Waals surface area contributed by atoms with Crippen molar-refractivity contribution in [3.05, 3.63) is 95.4 Å². The monoisotopic (exact) mass is 456 g/mol. The Hall–Kier alpha value is -3.93. The molecule has 0 atom stereocenters. The summed E-state index contributed by atoms with van der Waals surface area (Å²) in [7, 11) is 0. The number of anilines is 2. The SMILES string of the molecule is CC(C)Oc1ccccc1N1C(=O)C(c2ccc(F)cc2)=C(N2CCCc3ccccc32)C1=O. The van der Waals surface area contributed by atoms with Crippen LogP contribution in [0.2, 0.25) is 0 Å². The van der Waals surface area contributed by atoms with Gasteiger partial charge in [-0.05, 0) is 68.1 Å². The largest absolute Gasteiger partial charge is 0.489 e. The van der Waals surface area contributed by atoms with Gasteiger partial charge in [0.15, 0.2) is 0 Å². The maximum Gasteiger partial charge on any atom is 0.282 e. The van der Waals surface area contributed by atoms with Crippen LogP contribution in [0.3, 0.4) is 0 Å². The van der Waals surface area contributed by atoms with Crippen molar-refractivity contribution in [2.45, 2.75) is 32.8 Å². The Morgan fingerprint density at radius 3 is 2.26 bits per heavy atom. The van der Waals surface area contributed by atoms with Crippen LogP contribution < -0.4 is 14.5 Å². The molecule has 6 heteroatoms. The van der Waals surface area contributed by atoms with Gasteiger partial charge in [-0.25, -0.2) is 9.29 Å². The Labute approximate surface area is 198 Å². The van der Waals surface area contributed by atoms with Crippen molar-refractivity contribution in [3.63, 3.8) is 0 Å². The zero-order valence-electron chi connectivity index (χ0n) is 19.1. The number of nitrogens with zero attached hydrogens (tertiary/aromatic N) is 2. The van der Waals surface area contributed by atoms with Crippen LogP contribution in [0.4, 0.5) is 15.8 Å². The number of aryl methyl sites for hydroxylation is 1. The molecule has 2 amide bonds. The first-order valence-corrected chi connectivity index (χ1v) is 11.5. The molecule has 0 radical (unpaired) electrons. The summed E-state index contributed by atoms with van der Waals surface area (Å²) in [5.41, 5.74) is 3.51. The van der Waals surface area contributed by atoms with E-state index >= 15 is 0 Å². The molecule has 0 bridgehead atoms. The summed E-state index contributed by atoms with van der Waals surface area (Å²) < 4.78 is 19.6. The Morgan fingerprint density at radius 2 is 1.53 bits per heavy atom. The van der Waals surface area contributed by atoms with Gasteiger partial charge in [0.1, 0.15) is 17.3 Å². The first kappa shape index (κ1) is 21.9. The second-order valence-corrected chi connectivity index (χ2v) is 8.69. The van der Waals surface area contributed by atoms with E-state index in [1.54, 1.807) is 30.3 Å². The van der Waals surface area contributed by atoms with E-state index < -0.39 is 17.6 Å². The van der Waals surface area contributed by atoms with Crippen molar-refractivity contribution in [1.29, 1.82) is 0 Å². The van der Waals surface area contributed by atoms with Crippen LogP contribution in [0.25, 0.3) is 5.57 Å². The smallest absolute Gasteiger partial charge is 0.282 e. The predicted octanol–water partition coefficient (Wildman–Crippen LogP) is 5.35. The molecule has 34 heavy (non-hydrogen) atoms. The molecule has 2 heterocycles. The third-order valence-electron chi connectivity index (χ3n) is 6.04. The molecule has 0 aliphatic carbocycles. The number of halogens is 1. The van der Waals surface area contributed by atoms with E-state index in [0.717, 1.165) is 24.1 Å². The fourth-order valence-corrected chi connectivity index (χ4v) is 4.63. The minimum absolute atomic E-state index is 0.132. The second-order valence-electron chi connectivity index (χ2n) is 8.69. The van der Waals surface area contributed by atoms with Crippen molar-refractivity contribution < 1.29 is 18.7 Å². The predicted molar refractivity (Wildman–Crippen MR) is 130 cm³/mol. The fraction of sp³-hybridized carbons (Fsp3) is 0.214. The number of fused-ring (bicyclic) bond motifs is 1. The van der Waals surface area contributed by atoms with Crippen LogP contribution in [-0.4, -0.2) is 24.5 Å². The highest BCUT2D eigenvalue weighted by atomic mass is 19.1. The molecule has 0 unspecified atom stereocenters. The molecule has 0 saturated carbocycles. The number of carbonyl (C=O) groups excluding carboxylic acids is 2. The number of ether oxygens (including phenoxy) is 1. The number of carbonyl (C=O) groups is 2. The van der Waals surface area contributed by atoms with E-state index in [1.165, 1.54) is 17.0 Å². The van der Waals surface area contributed by atoms with E-state index in [0.29, 0.717) is 29.2 Å². The molecule has 5 nitrogen and oxygen atoms in total. The summed E-state index contributed by atoms with van der Waals surface area (Å²) in [5.74, 6) is -0.813. The molecule has 0 saturated heterocycles. The Morgan fingerprint density at radius 1 is 0.853 bits per heavy atom. The minimum Gasteiger partial charge on any atom is -0.489 e. The van der Waals surface area contributed by atoms with Crippen LogP contribution in [0.1, 0.15) is 31.4 Å². The molecular weight excluding hydrogens is 431 g/mol. The molecule has 2 aliphatic heterocycles. The van der Waals surface area contributed by atoms with Crippen molar-refractivity contribution in [2.75, 3.05) is 16.3 Å². The molecule has 3 aromatic rings. The van der Waals surface area contributed by atoms with Crippen molar-refractivity contribution in [3.8, 4) is 5.75 Å². The second kappa shape index (κ2) is 8.78. The lowest BCUT2D eigenvalue weighted by molar-refractivity contribution is -0.120. The standard InChI is InChI=1S/C28H25FN2O3/c1-18(2)34-24-12-6-5-11-23(24)31-27(32)25(20-13-15-21(29)16-14-20)26(28(31)33)30-17-7-9-19-8-3-4-10-22(19)30/h3-6,8,10-16,18H,7,9,17H2,1-2H3. The van der Waals surface area contributed by atoms with Crippen LogP contribution in [0.5, 0.6) is 5.75 Å². The summed E-state index contributed by atoms with van der Waals surface area (Å²) in [6.45, 7) is 4.39. The first-order valence-electron chi connectivity index (χ1n) is 11.5. The highest BCUT2D eigenvalue weighted by Crippen LogP contribution is 2.41. The van der Waals surface area contributed by atoms with Gasteiger partial charge in [-0.3, -0.25) is 9.59 Å². The van der Waals surface area contributed by atoms with Gasteiger partial charge in [0.25, 0.3) is 11.8 Å². The van der Waals surface area contributed by atoms with Crippen molar-refractivity contribution >= 4 is 28.8 Å². The lowest BCUT2D eigenvalue weighted by atomic mass is 9.98. The zero-order valence-corrected chi connectivity index (χ0v) is 19.1. The van der Waals surface area contributed by atoms with E-state index in [1.807, 2.05) is 49.1 Å². The van der Waals surface area contributed by atoms with Crippen LogP contribution >= 0.6 is 0 Å². The van der Waals surface area contributed by atoms with Gasteiger partial charge in [0.05, 0.1) is 17.4 Å². The molecule has 172 valence electrons. The number of rotatable bonds is 5. The molecular formula is C28H25FN2O3. The molecule has 0 aromatic heterocycles. The van der Waals surface area contributed by atoms with Gasteiger partial charge in [0, 0.05) is 12.2 Å². The van der Waals surface area contributed by atoms with E-state index in [2.05, 4.69) is 0 Å². The maximum atomic E-state index is 14.0. The van der Waals surface area contributed by atoms with Gasteiger partial charge in [-0.15, -0.1) is 0 Å². The lowest BCUT2D eigenvalue weighted by Crippen LogP contribution is -2.37. The zero-order chi connectivity index (χ0) is 23.8. The molecule has 5 rings (SSSR count). The third-order valence-corrected chi connectivity index (χ3v) is 6.04. The van der Waals surface area contributed by atoms with Gasteiger partial charge in [-0.1, -0.05) is 42.5 Å². The average molecular weight is 457 g/mol. The van der Waals surface area contributed by atoms with Gasteiger partial charge >= 0.3 is 0 Å². The Balaban J connectivity index is 1.68. The Bertz CT molecular complexity index is 1300. The quantitative estimate of drug-likeness (QED) is 0.486. The van der Waals surface area contributed by atoms with Gasteiger partial charge in [-0.2, -0.15) is 0 Å².